The highest BCUT2D eigenvalue weighted by Crippen LogP contribution is 2.17. The lowest BCUT2D eigenvalue weighted by Gasteiger charge is -2.06. The largest absolute Gasteiger partial charge is 0.383 e. The van der Waals surface area contributed by atoms with Crippen molar-refractivity contribution in [2.75, 3.05) is 26.8 Å². The van der Waals surface area contributed by atoms with E-state index in [-0.39, 0.29) is 16.7 Å². The Morgan fingerprint density at radius 2 is 2.26 bits per heavy atom. The van der Waals surface area contributed by atoms with Gasteiger partial charge in [-0.25, -0.2) is 18.1 Å². The van der Waals surface area contributed by atoms with Gasteiger partial charge in [0.2, 0.25) is 10.9 Å². The number of hydrogen-bond acceptors (Lipinski definition) is 5. The Labute approximate surface area is 116 Å². The molecule has 108 valence electrons. The minimum atomic E-state index is -3.90. The number of imidazole rings is 1. The van der Waals surface area contributed by atoms with Crippen molar-refractivity contribution in [1.82, 2.24) is 19.6 Å². The molecule has 0 atom stereocenters. The number of carbonyl (C=O) groups excluding carboxylic acids is 1. The molecule has 0 aliphatic heterocycles. The summed E-state index contributed by atoms with van der Waals surface area (Å²) in [5.74, 6) is -0.465. The number of amides is 1. The van der Waals surface area contributed by atoms with Crippen molar-refractivity contribution in [1.29, 1.82) is 0 Å². The molecule has 0 aliphatic carbocycles. The number of ether oxygens (including phenoxy) is 1. The summed E-state index contributed by atoms with van der Waals surface area (Å²) in [4.78, 5) is 15.0. The van der Waals surface area contributed by atoms with Gasteiger partial charge in [-0.15, -0.1) is 0 Å². The van der Waals surface area contributed by atoms with Crippen LogP contribution in [0.5, 0.6) is 0 Å². The lowest BCUT2D eigenvalue weighted by Crippen LogP contribution is -2.38. The molecule has 0 aliphatic rings. The summed E-state index contributed by atoms with van der Waals surface area (Å²) in [5.41, 5.74) is 0. The highest BCUT2D eigenvalue weighted by atomic mass is 35.5. The van der Waals surface area contributed by atoms with Gasteiger partial charge >= 0.3 is 0 Å². The van der Waals surface area contributed by atoms with E-state index in [1.807, 2.05) is 0 Å². The summed E-state index contributed by atoms with van der Waals surface area (Å²) in [7, 11) is -0.842. The normalized spacial score (nSPS) is 11.5. The Morgan fingerprint density at radius 3 is 2.79 bits per heavy atom. The van der Waals surface area contributed by atoms with Gasteiger partial charge in [-0.05, 0) is 0 Å². The van der Waals surface area contributed by atoms with E-state index in [1.54, 1.807) is 7.05 Å². The zero-order valence-corrected chi connectivity index (χ0v) is 12.1. The molecule has 1 heterocycles. The van der Waals surface area contributed by atoms with E-state index >= 15 is 0 Å². The summed E-state index contributed by atoms with van der Waals surface area (Å²) in [6.45, 7) is 0.269. The first-order chi connectivity index (χ1) is 8.88. The molecule has 8 nitrogen and oxygen atoms in total. The van der Waals surface area contributed by atoms with Crippen molar-refractivity contribution >= 4 is 27.5 Å². The van der Waals surface area contributed by atoms with Gasteiger partial charge in [-0.3, -0.25) is 4.79 Å². The summed E-state index contributed by atoms with van der Waals surface area (Å²) < 4.78 is 31.9. The molecule has 0 bridgehead atoms. The van der Waals surface area contributed by atoms with Crippen LogP contribution in [-0.4, -0.2) is 50.7 Å². The Kier molecular flexibility index (Phi) is 5.73. The van der Waals surface area contributed by atoms with E-state index in [0.717, 1.165) is 0 Å². The Morgan fingerprint density at radius 1 is 1.58 bits per heavy atom. The molecule has 0 radical (unpaired) electrons. The third-order valence-electron chi connectivity index (χ3n) is 2.14. The number of carbonyl (C=O) groups is 1. The molecule has 0 aromatic carbocycles. The molecular formula is C9H15ClN4O4S. The van der Waals surface area contributed by atoms with Crippen LogP contribution in [0.15, 0.2) is 11.4 Å². The molecule has 0 saturated carbocycles. The maximum atomic E-state index is 11.8. The second kappa shape index (κ2) is 6.85. The summed E-state index contributed by atoms with van der Waals surface area (Å²) in [5, 5.41) is 2.15. The first-order valence-corrected chi connectivity index (χ1v) is 7.16. The smallest absolute Gasteiger partial charge is 0.261 e. The van der Waals surface area contributed by atoms with Gasteiger partial charge in [0.15, 0.2) is 0 Å². The van der Waals surface area contributed by atoms with E-state index in [1.165, 1.54) is 18.0 Å². The minimum absolute atomic E-state index is 0.0210. The molecule has 10 heteroatoms. The first kappa shape index (κ1) is 15.9. The average Bonchev–Trinajstić information content (AvgIpc) is 2.69. The van der Waals surface area contributed by atoms with Gasteiger partial charge in [-0.2, -0.15) is 0 Å². The van der Waals surface area contributed by atoms with Crippen molar-refractivity contribution in [3.05, 3.63) is 11.5 Å². The molecular weight excluding hydrogens is 296 g/mol. The van der Waals surface area contributed by atoms with Crippen molar-refractivity contribution in [2.45, 2.75) is 5.03 Å². The van der Waals surface area contributed by atoms with E-state index < -0.39 is 15.9 Å². The van der Waals surface area contributed by atoms with Crippen LogP contribution in [0, 0.1) is 0 Å². The van der Waals surface area contributed by atoms with Crippen molar-refractivity contribution in [3.63, 3.8) is 0 Å². The summed E-state index contributed by atoms with van der Waals surface area (Å²) in [6.07, 6.45) is 1.27. The fourth-order valence-corrected chi connectivity index (χ4v) is 2.56. The quantitative estimate of drug-likeness (QED) is 0.636. The summed E-state index contributed by atoms with van der Waals surface area (Å²) in [6, 6.07) is 0. The molecule has 1 amide bonds. The van der Waals surface area contributed by atoms with Gasteiger partial charge in [-0.1, -0.05) is 11.6 Å². The number of nitrogens with zero attached hydrogens (tertiary/aromatic N) is 2. The zero-order valence-electron chi connectivity index (χ0n) is 10.5. The van der Waals surface area contributed by atoms with Crippen molar-refractivity contribution in [2.24, 2.45) is 7.05 Å². The molecule has 1 rings (SSSR count). The minimum Gasteiger partial charge on any atom is -0.383 e. The molecule has 1 aromatic heterocycles. The van der Waals surface area contributed by atoms with Crippen LogP contribution < -0.4 is 10.0 Å². The number of aromatic nitrogens is 2. The number of sulfonamides is 1. The fourth-order valence-electron chi connectivity index (χ4n) is 1.16. The van der Waals surface area contributed by atoms with Crippen LogP contribution >= 0.6 is 11.6 Å². The van der Waals surface area contributed by atoms with E-state index in [9.17, 15) is 13.2 Å². The maximum Gasteiger partial charge on any atom is 0.261 e. The molecule has 1 aromatic rings. The number of rotatable bonds is 7. The third kappa shape index (κ3) is 4.46. The van der Waals surface area contributed by atoms with Crippen LogP contribution in [0.4, 0.5) is 0 Å². The topological polar surface area (TPSA) is 102 Å². The van der Waals surface area contributed by atoms with E-state index in [4.69, 9.17) is 16.3 Å². The number of aryl methyl sites for hydroxylation is 1. The van der Waals surface area contributed by atoms with Crippen molar-refractivity contribution < 1.29 is 17.9 Å². The number of nitrogens with one attached hydrogen (secondary N) is 2. The number of halogens is 1. The molecule has 0 spiro atoms. The average molecular weight is 311 g/mol. The van der Waals surface area contributed by atoms with Gasteiger partial charge in [0.1, 0.15) is 5.15 Å². The van der Waals surface area contributed by atoms with Crippen LogP contribution in [0.3, 0.4) is 0 Å². The van der Waals surface area contributed by atoms with Gasteiger partial charge in [0, 0.05) is 20.7 Å². The predicted octanol–water partition coefficient (Wildman–Crippen LogP) is -0.886. The van der Waals surface area contributed by atoms with Gasteiger partial charge in [0.25, 0.3) is 10.0 Å². The zero-order chi connectivity index (χ0) is 14.5. The standard InChI is InChI=1S/C9H15ClN4O4S/c1-14-6-12-9(8(14)10)19(16,17)13-5-7(15)11-3-4-18-2/h6,13H,3-5H2,1-2H3,(H,11,15). The molecule has 2 N–H and O–H groups in total. The lowest BCUT2D eigenvalue weighted by atomic mass is 10.6. The van der Waals surface area contributed by atoms with E-state index in [0.29, 0.717) is 13.2 Å². The van der Waals surface area contributed by atoms with Crippen LogP contribution in [-0.2, 0) is 26.6 Å². The highest BCUT2D eigenvalue weighted by molar-refractivity contribution is 7.89. The second-order valence-corrected chi connectivity index (χ2v) is 5.66. The van der Waals surface area contributed by atoms with Crippen LogP contribution in [0.1, 0.15) is 0 Å². The second-order valence-electron chi connectivity index (χ2n) is 3.62. The van der Waals surface area contributed by atoms with Crippen molar-refractivity contribution in [3.8, 4) is 0 Å². The Bertz CT molecular complexity index is 542. The number of methoxy groups -OCH3 is 1. The SMILES string of the molecule is COCCNC(=O)CNS(=O)(=O)c1ncn(C)c1Cl. The molecule has 0 unspecified atom stereocenters. The molecule has 19 heavy (non-hydrogen) atoms. The maximum absolute atomic E-state index is 11.8. The Hall–Kier alpha value is -1.16. The Balaban J connectivity index is 2.57. The monoisotopic (exact) mass is 310 g/mol. The third-order valence-corrected chi connectivity index (χ3v) is 4.03. The van der Waals surface area contributed by atoms with Gasteiger partial charge in [0.05, 0.1) is 19.5 Å². The highest BCUT2D eigenvalue weighted by Gasteiger charge is 2.22. The van der Waals surface area contributed by atoms with Gasteiger partial charge < -0.3 is 14.6 Å². The van der Waals surface area contributed by atoms with Crippen LogP contribution in [0.25, 0.3) is 0 Å². The fraction of sp³-hybridized carbons (Fsp3) is 0.556. The van der Waals surface area contributed by atoms with E-state index in [2.05, 4.69) is 15.0 Å². The number of hydrogen-bond donors (Lipinski definition) is 2. The lowest BCUT2D eigenvalue weighted by molar-refractivity contribution is -0.120. The molecule has 0 fully saturated rings. The molecule has 0 saturated heterocycles. The predicted molar refractivity (Wildman–Crippen MR) is 68.3 cm³/mol. The van der Waals surface area contributed by atoms with Crippen LogP contribution in [0.2, 0.25) is 5.15 Å². The summed E-state index contributed by atoms with van der Waals surface area (Å²) >= 11 is 5.78. The first-order valence-electron chi connectivity index (χ1n) is 5.30.